The quantitative estimate of drug-likeness (QED) is 0.386. The highest BCUT2D eigenvalue weighted by atomic mass is 32.5. The Morgan fingerprint density at radius 3 is 2.23 bits per heavy atom. The third-order valence-electron chi connectivity index (χ3n) is 6.90. The van der Waals surface area contributed by atoms with E-state index in [4.69, 9.17) is 0 Å². The Morgan fingerprint density at radius 2 is 1.73 bits per heavy atom. The first-order valence-corrected chi connectivity index (χ1v) is 14.3. The number of aromatic nitrogens is 2. The van der Waals surface area contributed by atoms with Gasteiger partial charge in [0.15, 0.2) is 6.04 Å². The molecule has 2 heterocycles. The minimum atomic E-state index is -10.0. The van der Waals surface area contributed by atoms with Gasteiger partial charge in [-0.3, -0.25) is 24.5 Å². The molecule has 8 nitrogen and oxygen atoms in total. The molecule has 222 valence electrons. The van der Waals surface area contributed by atoms with Gasteiger partial charge in [-0.25, -0.2) is 8.78 Å². The number of aliphatic hydroxyl groups is 1. The second-order valence-corrected chi connectivity index (χ2v) is 12.9. The van der Waals surface area contributed by atoms with Crippen LogP contribution in [0.4, 0.5) is 33.9 Å². The van der Waals surface area contributed by atoms with Crippen LogP contribution in [0.15, 0.2) is 47.8 Å². The van der Waals surface area contributed by atoms with Crippen LogP contribution in [0.3, 0.4) is 0 Å². The predicted molar refractivity (Wildman–Crippen MR) is 132 cm³/mol. The second kappa shape index (κ2) is 9.55. The van der Waals surface area contributed by atoms with E-state index in [1.54, 1.807) is 0 Å². The lowest BCUT2D eigenvalue weighted by molar-refractivity contribution is -0.128. The van der Waals surface area contributed by atoms with Crippen molar-refractivity contribution < 1.29 is 42.9 Å². The molecule has 2 amide bonds. The molecule has 1 aliphatic carbocycles. The van der Waals surface area contributed by atoms with E-state index in [0.29, 0.717) is 12.1 Å². The van der Waals surface area contributed by atoms with Crippen molar-refractivity contribution in [3.63, 3.8) is 0 Å². The van der Waals surface area contributed by atoms with Gasteiger partial charge >= 0.3 is 10.2 Å². The molecule has 0 spiro atoms. The van der Waals surface area contributed by atoms with Crippen molar-refractivity contribution in [2.75, 3.05) is 11.4 Å². The molecule has 40 heavy (non-hydrogen) atoms. The van der Waals surface area contributed by atoms with Crippen molar-refractivity contribution in [2.45, 2.75) is 73.6 Å². The molecule has 1 aromatic carbocycles. The van der Waals surface area contributed by atoms with Crippen LogP contribution in [0.2, 0.25) is 0 Å². The number of benzene rings is 1. The molecule has 1 saturated carbocycles. The van der Waals surface area contributed by atoms with Crippen molar-refractivity contribution in [3.05, 3.63) is 48.5 Å². The normalized spacial score (nSPS) is 25.9. The van der Waals surface area contributed by atoms with Gasteiger partial charge in [0.2, 0.25) is 17.7 Å². The molecule has 2 aliphatic rings. The summed E-state index contributed by atoms with van der Waals surface area (Å²) in [5.74, 6) is -4.63. The molecule has 1 saturated heterocycles. The number of nitrogens with one attached hydrogen (secondary N) is 2. The molecule has 3 N–H and O–H groups in total. The predicted octanol–water partition coefficient (Wildman–Crippen LogP) is 5.02. The topological polar surface area (TPSA) is 107 Å². The molecule has 1 aliphatic heterocycles. The molecule has 16 heteroatoms. The average Bonchev–Trinajstić information content (AvgIpc) is 3.22. The lowest BCUT2D eigenvalue weighted by Crippen LogP contribution is -2.52. The van der Waals surface area contributed by atoms with E-state index >= 15 is 0 Å². The van der Waals surface area contributed by atoms with E-state index in [2.05, 4.69) is 20.6 Å². The van der Waals surface area contributed by atoms with Crippen molar-refractivity contribution in [3.8, 4) is 0 Å². The summed E-state index contributed by atoms with van der Waals surface area (Å²) in [5.41, 5.74) is -1.78. The third kappa shape index (κ3) is 7.01. The number of anilines is 1. The molecular formula is C24H28F7N5O3S. The minimum absolute atomic E-state index is 0.0152. The Balaban J connectivity index is 1.76. The molecule has 0 bridgehead atoms. The Bertz CT molecular complexity index is 1250. The van der Waals surface area contributed by atoms with Crippen molar-refractivity contribution in [2.24, 2.45) is 0 Å². The summed E-state index contributed by atoms with van der Waals surface area (Å²) in [7, 11) is -10.0. The van der Waals surface area contributed by atoms with Gasteiger partial charge in [-0.2, -0.15) is 0 Å². The number of hydrogen-bond donors (Lipinski definition) is 3. The van der Waals surface area contributed by atoms with Gasteiger partial charge in [0.05, 0.1) is 23.5 Å². The molecular weight excluding hydrogens is 571 g/mol. The average molecular weight is 600 g/mol. The number of halogens is 7. The summed E-state index contributed by atoms with van der Waals surface area (Å²) in [5, 5.41) is 15.8. The number of nitrogens with zero attached hydrogens (tertiary/aromatic N) is 3. The molecule has 4 rings (SSSR count). The Morgan fingerprint density at radius 1 is 1.10 bits per heavy atom. The van der Waals surface area contributed by atoms with Gasteiger partial charge in [0.25, 0.3) is 0 Å². The van der Waals surface area contributed by atoms with Crippen LogP contribution >= 0.6 is 10.2 Å². The van der Waals surface area contributed by atoms with E-state index < -0.39 is 69.4 Å². The molecule has 3 atom stereocenters. The fourth-order valence-electron chi connectivity index (χ4n) is 4.84. The summed E-state index contributed by atoms with van der Waals surface area (Å²) >= 11 is 0. The van der Waals surface area contributed by atoms with Crippen LogP contribution in [0.1, 0.15) is 50.8 Å². The number of amides is 2. The van der Waals surface area contributed by atoms with Crippen LogP contribution in [0, 0.1) is 0 Å². The van der Waals surface area contributed by atoms with Gasteiger partial charge in [-0.05, 0) is 44.0 Å². The van der Waals surface area contributed by atoms with Gasteiger partial charge in [-0.1, -0.05) is 19.4 Å². The Hall–Kier alpha value is -2.98. The standard InChI is InChI=1S/C24H28F7N5O3S/c1-23(39)12-18(34-14-23)22(38)36(16-2-4-17(5-3-16)40(27,28,29,30)31)20(19-13-32-10-11-33-19)21(37)35-15-6-8-24(25,26)9-7-15/h2-5,10-11,13,15,18,20,34,39H,6-9,12,14H2,1H3,(H,35,37)/t18-,20?,23-/m1/s1. The number of carbonyl (C=O) groups is 2. The fraction of sp³-hybridized carbons (Fsp3) is 0.500. The Labute approximate surface area is 225 Å². The highest BCUT2D eigenvalue weighted by molar-refractivity contribution is 8.45. The smallest absolute Gasteiger partial charge is 0.310 e. The number of β-amino-alcohol motifs (C(OH)–C–C–N with tert-alkyl or cyclic N) is 1. The SMILES string of the molecule is C[C@]1(O)CN[C@@H](C(=O)N(c2ccc(S(F)(F)(F)(F)F)cc2)C(C(=O)NC2CCC(F)(F)CC2)c2cnccn2)C1. The van der Waals surface area contributed by atoms with E-state index in [1.165, 1.54) is 19.3 Å². The van der Waals surface area contributed by atoms with Crippen LogP contribution in [0.25, 0.3) is 0 Å². The number of rotatable bonds is 7. The molecule has 1 aromatic heterocycles. The van der Waals surface area contributed by atoms with Crippen molar-refractivity contribution in [1.29, 1.82) is 0 Å². The van der Waals surface area contributed by atoms with E-state index in [9.17, 15) is 42.9 Å². The summed E-state index contributed by atoms with van der Waals surface area (Å²) in [6.07, 6.45) is 2.40. The first-order valence-electron chi connectivity index (χ1n) is 12.3. The zero-order valence-corrected chi connectivity index (χ0v) is 22.0. The van der Waals surface area contributed by atoms with Gasteiger partial charge in [0.1, 0.15) is 4.90 Å². The highest BCUT2D eigenvalue weighted by Crippen LogP contribution is 3.02. The maximum absolute atomic E-state index is 13.8. The van der Waals surface area contributed by atoms with Crippen LogP contribution in [-0.2, 0) is 9.59 Å². The monoisotopic (exact) mass is 599 g/mol. The van der Waals surface area contributed by atoms with Gasteiger partial charge in [0, 0.05) is 49.9 Å². The minimum Gasteiger partial charge on any atom is -0.389 e. The van der Waals surface area contributed by atoms with E-state index in [-0.39, 0.29) is 49.3 Å². The molecule has 1 unspecified atom stereocenters. The maximum Gasteiger partial charge on any atom is 0.310 e. The molecule has 2 aromatic rings. The number of carbonyl (C=O) groups excluding carboxylic acids is 2. The molecule has 0 radical (unpaired) electrons. The maximum atomic E-state index is 13.8. The number of alkyl halides is 2. The number of hydrogen-bond acceptors (Lipinski definition) is 6. The first kappa shape index (κ1) is 30.0. The van der Waals surface area contributed by atoms with Gasteiger partial charge in [-0.15, -0.1) is 0 Å². The lowest BCUT2D eigenvalue weighted by Gasteiger charge is -2.41. The largest absolute Gasteiger partial charge is 0.389 e. The first-order chi connectivity index (χ1) is 18.2. The van der Waals surface area contributed by atoms with Crippen LogP contribution in [0.5, 0.6) is 0 Å². The lowest BCUT2D eigenvalue weighted by atomic mass is 9.92. The third-order valence-corrected chi connectivity index (χ3v) is 8.07. The second-order valence-electron chi connectivity index (χ2n) is 10.5. The van der Waals surface area contributed by atoms with Crippen molar-refractivity contribution >= 4 is 27.7 Å². The molecule has 2 fully saturated rings. The van der Waals surface area contributed by atoms with Crippen LogP contribution in [-0.4, -0.2) is 57.0 Å². The van der Waals surface area contributed by atoms with E-state index in [1.807, 2.05) is 0 Å². The van der Waals surface area contributed by atoms with Crippen LogP contribution < -0.4 is 15.5 Å². The zero-order chi connectivity index (χ0) is 29.6. The van der Waals surface area contributed by atoms with Crippen molar-refractivity contribution in [1.82, 2.24) is 20.6 Å². The summed E-state index contributed by atoms with van der Waals surface area (Å²) in [6, 6.07) is -1.96. The summed E-state index contributed by atoms with van der Waals surface area (Å²) in [4.78, 5) is 34.0. The van der Waals surface area contributed by atoms with E-state index in [0.717, 1.165) is 11.1 Å². The van der Waals surface area contributed by atoms with Gasteiger partial charge < -0.3 is 15.7 Å². The summed E-state index contributed by atoms with van der Waals surface area (Å²) in [6.45, 7) is 1.44. The fourth-order valence-corrected chi connectivity index (χ4v) is 5.49. The highest BCUT2D eigenvalue weighted by Gasteiger charge is 2.65. The summed E-state index contributed by atoms with van der Waals surface area (Å²) < 4.78 is 94.2. The zero-order valence-electron chi connectivity index (χ0n) is 21.2. The Kier molecular flexibility index (Phi) is 7.16.